The summed E-state index contributed by atoms with van der Waals surface area (Å²) in [5, 5.41) is 1.07. The Balaban J connectivity index is 2.54. The number of aryl methyl sites for hydroxylation is 1. The number of ether oxygens (including phenoxy) is 1. The van der Waals surface area contributed by atoms with E-state index in [9.17, 15) is 4.79 Å². The van der Waals surface area contributed by atoms with E-state index in [0.29, 0.717) is 0 Å². The molecule has 0 spiro atoms. The molecule has 0 fully saturated rings. The first kappa shape index (κ1) is 16.4. The maximum Gasteiger partial charge on any atom is 0.419 e. The Kier molecular flexibility index (Phi) is 4.50. The molecule has 1 aromatic carbocycles. The van der Waals surface area contributed by atoms with Crippen molar-refractivity contribution in [1.82, 2.24) is 4.57 Å². The molecular weight excluding hydrogens is 276 g/mol. The van der Waals surface area contributed by atoms with E-state index in [-0.39, 0.29) is 6.09 Å². The van der Waals surface area contributed by atoms with Gasteiger partial charge in [0.2, 0.25) is 0 Å². The fraction of sp³-hybridized carbons (Fsp3) is 0.500. The number of fused-ring (bicyclic) bond motifs is 1. The molecule has 0 saturated carbocycles. The standard InChI is InChI=1S/C18H26N2O2/c1-7-8-15-12-13-11-14(19(5)6)9-10-16(13)20(15)17(21)22-18(2,3)4/h9-12H,7-8H2,1-6H3. The van der Waals surface area contributed by atoms with E-state index < -0.39 is 5.60 Å². The molecule has 0 bridgehead atoms. The van der Waals surface area contributed by atoms with Crippen LogP contribution in [0.1, 0.15) is 39.8 Å². The first-order valence-electron chi connectivity index (χ1n) is 7.78. The van der Waals surface area contributed by atoms with Crippen LogP contribution in [0.25, 0.3) is 10.9 Å². The first-order valence-corrected chi connectivity index (χ1v) is 7.78. The lowest BCUT2D eigenvalue weighted by molar-refractivity contribution is 0.0540. The van der Waals surface area contributed by atoms with Gasteiger partial charge in [-0.3, -0.25) is 0 Å². The number of hydrogen-bond acceptors (Lipinski definition) is 3. The molecule has 0 aliphatic rings. The molecule has 0 radical (unpaired) electrons. The Labute approximate surface area is 132 Å². The van der Waals surface area contributed by atoms with Gasteiger partial charge in [-0.05, 0) is 51.5 Å². The summed E-state index contributed by atoms with van der Waals surface area (Å²) in [7, 11) is 4.03. The second-order valence-corrected chi connectivity index (χ2v) is 6.84. The maximum atomic E-state index is 12.6. The average Bonchev–Trinajstić information content (AvgIpc) is 2.73. The Morgan fingerprint density at radius 3 is 2.45 bits per heavy atom. The van der Waals surface area contributed by atoms with Crippen LogP contribution in [0.4, 0.5) is 10.5 Å². The Bertz CT molecular complexity index is 678. The number of nitrogens with zero attached hydrogens (tertiary/aromatic N) is 2. The fourth-order valence-corrected chi connectivity index (χ4v) is 2.50. The van der Waals surface area contributed by atoms with Crippen LogP contribution in [-0.4, -0.2) is 30.4 Å². The lowest BCUT2D eigenvalue weighted by atomic mass is 10.2. The summed E-state index contributed by atoms with van der Waals surface area (Å²) < 4.78 is 7.28. The van der Waals surface area contributed by atoms with Crippen molar-refractivity contribution in [2.45, 2.75) is 46.1 Å². The van der Waals surface area contributed by atoms with Gasteiger partial charge in [-0.1, -0.05) is 13.3 Å². The van der Waals surface area contributed by atoms with Gasteiger partial charge in [0, 0.05) is 30.9 Å². The van der Waals surface area contributed by atoms with E-state index in [4.69, 9.17) is 4.74 Å². The van der Waals surface area contributed by atoms with Gasteiger partial charge in [0.1, 0.15) is 5.60 Å². The van der Waals surface area contributed by atoms with Crippen molar-refractivity contribution in [2.75, 3.05) is 19.0 Å². The van der Waals surface area contributed by atoms with Crippen molar-refractivity contribution in [3.8, 4) is 0 Å². The van der Waals surface area contributed by atoms with Gasteiger partial charge in [0.15, 0.2) is 0 Å². The van der Waals surface area contributed by atoms with E-state index in [1.54, 1.807) is 4.57 Å². The molecule has 1 heterocycles. The minimum atomic E-state index is -0.499. The third-order valence-corrected chi connectivity index (χ3v) is 3.46. The average molecular weight is 302 g/mol. The summed E-state index contributed by atoms with van der Waals surface area (Å²) >= 11 is 0. The summed E-state index contributed by atoms with van der Waals surface area (Å²) in [5.41, 5.74) is 2.53. The molecule has 120 valence electrons. The monoisotopic (exact) mass is 302 g/mol. The quantitative estimate of drug-likeness (QED) is 0.840. The zero-order chi connectivity index (χ0) is 16.5. The third-order valence-electron chi connectivity index (χ3n) is 3.46. The molecule has 0 N–H and O–H groups in total. The van der Waals surface area contributed by atoms with Gasteiger partial charge >= 0.3 is 6.09 Å². The molecule has 0 atom stereocenters. The highest BCUT2D eigenvalue weighted by molar-refractivity contribution is 5.92. The van der Waals surface area contributed by atoms with Crippen molar-refractivity contribution in [3.63, 3.8) is 0 Å². The summed E-state index contributed by atoms with van der Waals surface area (Å²) in [6, 6.07) is 8.22. The third kappa shape index (κ3) is 3.43. The zero-order valence-corrected chi connectivity index (χ0v) is 14.4. The van der Waals surface area contributed by atoms with Crippen LogP contribution < -0.4 is 4.90 Å². The van der Waals surface area contributed by atoms with Crippen LogP contribution in [0, 0.1) is 0 Å². The summed E-state index contributed by atoms with van der Waals surface area (Å²) in [5.74, 6) is 0. The Hall–Kier alpha value is -1.97. The molecule has 22 heavy (non-hydrogen) atoms. The highest BCUT2D eigenvalue weighted by Crippen LogP contribution is 2.26. The van der Waals surface area contributed by atoms with Crippen LogP contribution >= 0.6 is 0 Å². The van der Waals surface area contributed by atoms with Crippen LogP contribution in [0.3, 0.4) is 0 Å². The molecule has 0 amide bonds. The van der Waals surface area contributed by atoms with Crippen LogP contribution in [0.15, 0.2) is 24.3 Å². The fourth-order valence-electron chi connectivity index (χ4n) is 2.50. The van der Waals surface area contributed by atoms with Crippen molar-refractivity contribution in [1.29, 1.82) is 0 Å². The molecule has 1 aromatic heterocycles. The van der Waals surface area contributed by atoms with Crippen molar-refractivity contribution < 1.29 is 9.53 Å². The molecular formula is C18H26N2O2. The van der Waals surface area contributed by atoms with Gasteiger partial charge in [0.25, 0.3) is 0 Å². The summed E-state index contributed by atoms with van der Waals surface area (Å²) in [6.45, 7) is 7.78. The lowest BCUT2D eigenvalue weighted by Gasteiger charge is -2.21. The molecule has 0 aliphatic carbocycles. The smallest absolute Gasteiger partial charge is 0.419 e. The van der Waals surface area contributed by atoms with Gasteiger partial charge < -0.3 is 9.64 Å². The highest BCUT2D eigenvalue weighted by Gasteiger charge is 2.22. The highest BCUT2D eigenvalue weighted by atomic mass is 16.6. The number of hydrogen-bond donors (Lipinski definition) is 0. The first-order chi connectivity index (χ1) is 10.2. The molecule has 0 saturated heterocycles. The topological polar surface area (TPSA) is 34.5 Å². The molecule has 2 rings (SSSR count). The minimum absolute atomic E-state index is 0.302. The van der Waals surface area contributed by atoms with E-state index >= 15 is 0 Å². The number of rotatable bonds is 3. The SMILES string of the molecule is CCCc1cc2cc(N(C)C)ccc2n1C(=O)OC(C)(C)C. The Morgan fingerprint density at radius 2 is 1.91 bits per heavy atom. The Morgan fingerprint density at radius 1 is 1.23 bits per heavy atom. The predicted molar refractivity (Wildman–Crippen MR) is 91.9 cm³/mol. The maximum absolute atomic E-state index is 12.6. The largest absolute Gasteiger partial charge is 0.443 e. The van der Waals surface area contributed by atoms with Crippen molar-refractivity contribution in [3.05, 3.63) is 30.0 Å². The second kappa shape index (κ2) is 6.03. The predicted octanol–water partition coefficient (Wildman–Crippen LogP) is 4.44. The molecule has 4 heteroatoms. The number of carbonyl (C=O) groups is 1. The van der Waals surface area contributed by atoms with E-state index in [0.717, 1.165) is 35.1 Å². The van der Waals surface area contributed by atoms with Crippen molar-refractivity contribution >= 4 is 22.7 Å². The molecule has 4 nitrogen and oxygen atoms in total. The zero-order valence-electron chi connectivity index (χ0n) is 14.4. The van der Waals surface area contributed by atoms with E-state index in [1.807, 2.05) is 47.0 Å². The molecule has 0 aliphatic heterocycles. The summed E-state index contributed by atoms with van der Waals surface area (Å²) in [4.78, 5) is 14.6. The van der Waals surface area contributed by atoms with Crippen LogP contribution in [0.2, 0.25) is 0 Å². The molecule has 2 aromatic rings. The van der Waals surface area contributed by atoms with Crippen molar-refractivity contribution in [2.24, 2.45) is 0 Å². The summed E-state index contributed by atoms with van der Waals surface area (Å²) in [6.07, 6.45) is 1.54. The number of benzene rings is 1. The van der Waals surface area contributed by atoms with Gasteiger partial charge in [0.05, 0.1) is 5.52 Å². The van der Waals surface area contributed by atoms with E-state index in [2.05, 4.69) is 24.0 Å². The van der Waals surface area contributed by atoms with Crippen LogP contribution in [-0.2, 0) is 11.2 Å². The van der Waals surface area contributed by atoms with Gasteiger partial charge in [-0.25, -0.2) is 9.36 Å². The lowest BCUT2D eigenvalue weighted by Crippen LogP contribution is -2.28. The number of anilines is 1. The second-order valence-electron chi connectivity index (χ2n) is 6.84. The number of aromatic nitrogens is 1. The van der Waals surface area contributed by atoms with E-state index in [1.165, 1.54) is 0 Å². The normalized spacial score (nSPS) is 11.7. The minimum Gasteiger partial charge on any atom is -0.443 e. The van der Waals surface area contributed by atoms with Gasteiger partial charge in [-0.2, -0.15) is 0 Å². The van der Waals surface area contributed by atoms with Crippen LogP contribution in [0.5, 0.6) is 0 Å². The number of carbonyl (C=O) groups excluding carboxylic acids is 1. The molecule has 0 unspecified atom stereocenters. The van der Waals surface area contributed by atoms with Gasteiger partial charge in [-0.15, -0.1) is 0 Å².